The van der Waals surface area contributed by atoms with Crippen LogP contribution in [-0.2, 0) is 9.59 Å². The number of hydrogen-bond donors (Lipinski definition) is 2. The van der Waals surface area contributed by atoms with Crippen molar-refractivity contribution in [1.29, 1.82) is 0 Å². The summed E-state index contributed by atoms with van der Waals surface area (Å²) in [4.78, 5) is 24.7. The van der Waals surface area contributed by atoms with Gasteiger partial charge in [-0.2, -0.15) is 0 Å². The van der Waals surface area contributed by atoms with Gasteiger partial charge in [0.15, 0.2) is 0 Å². The van der Waals surface area contributed by atoms with E-state index in [0.29, 0.717) is 18.8 Å². The first-order chi connectivity index (χ1) is 7.85. The molecule has 98 valence electrons. The molecular weight excluding hydrogens is 220 g/mol. The summed E-state index contributed by atoms with van der Waals surface area (Å²) in [5.41, 5.74) is -1.06. The Hall–Kier alpha value is -1.10. The first-order valence-electron chi connectivity index (χ1n) is 6.10. The molecule has 1 saturated heterocycles. The van der Waals surface area contributed by atoms with Crippen LogP contribution in [0.2, 0.25) is 0 Å². The minimum absolute atomic E-state index is 0.273. The zero-order valence-corrected chi connectivity index (χ0v) is 10.8. The molecule has 1 fully saturated rings. The number of piperidine rings is 1. The molecule has 0 radical (unpaired) electrons. The number of nitrogens with one attached hydrogen (secondary N) is 1. The summed E-state index contributed by atoms with van der Waals surface area (Å²) in [5.74, 6) is -0.616. The van der Waals surface area contributed by atoms with Gasteiger partial charge >= 0.3 is 5.97 Å². The molecule has 1 heterocycles. The Bertz CT molecular complexity index is 294. The molecule has 0 unspecified atom stereocenters. The van der Waals surface area contributed by atoms with Crippen LogP contribution in [0.4, 0.5) is 0 Å². The highest BCUT2D eigenvalue weighted by Gasteiger charge is 2.42. The van der Waals surface area contributed by atoms with Crippen molar-refractivity contribution < 1.29 is 14.7 Å². The van der Waals surface area contributed by atoms with Crippen LogP contribution in [0.5, 0.6) is 0 Å². The fourth-order valence-electron chi connectivity index (χ4n) is 2.36. The normalized spacial score (nSPS) is 20.2. The lowest BCUT2D eigenvalue weighted by Crippen LogP contribution is -2.59. The second-order valence-electron chi connectivity index (χ2n) is 5.26. The Morgan fingerprint density at radius 3 is 2.24 bits per heavy atom. The largest absolute Gasteiger partial charge is 0.480 e. The lowest BCUT2D eigenvalue weighted by molar-refractivity contribution is -0.149. The van der Waals surface area contributed by atoms with Crippen LogP contribution in [0.1, 0.15) is 33.6 Å². The Balaban J connectivity index is 2.61. The number of carbonyl (C=O) groups is 2. The Labute approximate surface area is 102 Å². The number of aliphatic carboxylic acids is 1. The molecule has 5 nitrogen and oxygen atoms in total. The summed E-state index contributed by atoms with van der Waals surface area (Å²) >= 11 is 0. The SMILES string of the molecule is CC(=O)NC1(C(=O)O)CCN(CC(C)C)CC1. The standard InChI is InChI=1S/C12H22N2O3/c1-9(2)8-14-6-4-12(5-7-14,11(16)17)13-10(3)15/h9H,4-8H2,1-3H3,(H,13,15)(H,16,17). The number of rotatable bonds is 4. The molecule has 1 amide bonds. The average Bonchev–Trinajstić information content (AvgIpc) is 2.19. The van der Waals surface area contributed by atoms with Gasteiger partial charge in [0.2, 0.25) is 5.91 Å². The van der Waals surface area contributed by atoms with E-state index in [2.05, 4.69) is 24.1 Å². The lowest BCUT2D eigenvalue weighted by Gasteiger charge is -2.39. The van der Waals surface area contributed by atoms with Crippen molar-refractivity contribution in [2.45, 2.75) is 39.2 Å². The molecule has 0 spiro atoms. The fraction of sp³-hybridized carbons (Fsp3) is 0.833. The number of carboxylic acids is 1. The maximum absolute atomic E-state index is 11.3. The summed E-state index contributed by atoms with van der Waals surface area (Å²) in [6, 6.07) is 0. The number of amides is 1. The number of hydrogen-bond acceptors (Lipinski definition) is 3. The van der Waals surface area contributed by atoms with E-state index in [1.807, 2.05) is 0 Å². The molecule has 1 rings (SSSR count). The number of likely N-dealkylation sites (tertiary alicyclic amines) is 1. The molecule has 0 saturated carbocycles. The summed E-state index contributed by atoms with van der Waals surface area (Å²) < 4.78 is 0. The van der Waals surface area contributed by atoms with Crippen LogP contribution >= 0.6 is 0 Å². The minimum Gasteiger partial charge on any atom is -0.480 e. The van der Waals surface area contributed by atoms with Crippen molar-refractivity contribution in [1.82, 2.24) is 10.2 Å². The Morgan fingerprint density at radius 2 is 1.88 bits per heavy atom. The third kappa shape index (κ3) is 3.70. The lowest BCUT2D eigenvalue weighted by atomic mass is 9.87. The van der Waals surface area contributed by atoms with Crippen LogP contribution in [0.15, 0.2) is 0 Å². The summed E-state index contributed by atoms with van der Waals surface area (Å²) in [7, 11) is 0. The number of carbonyl (C=O) groups excluding carboxylic acids is 1. The predicted octanol–water partition coefficient (Wildman–Crippen LogP) is 0.698. The molecule has 17 heavy (non-hydrogen) atoms. The summed E-state index contributed by atoms with van der Waals surface area (Å²) in [5, 5.41) is 11.9. The fourth-order valence-corrected chi connectivity index (χ4v) is 2.36. The molecule has 0 bridgehead atoms. The Kier molecular flexibility index (Phi) is 4.51. The van der Waals surface area contributed by atoms with Gasteiger partial charge in [-0.25, -0.2) is 4.79 Å². The van der Waals surface area contributed by atoms with Gasteiger partial charge in [-0.3, -0.25) is 4.79 Å². The maximum Gasteiger partial charge on any atom is 0.329 e. The zero-order valence-electron chi connectivity index (χ0n) is 10.8. The molecule has 1 aliphatic heterocycles. The second-order valence-corrected chi connectivity index (χ2v) is 5.26. The van der Waals surface area contributed by atoms with E-state index in [4.69, 9.17) is 0 Å². The highest BCUT2D eigenvalue weighted by Crippen LogP contribution is 2.23. The van der Waals surface area contributed by atoms with E-state index in [1.165, 1.54) is 6.92 Å². The molecule has 1 aliphatic rings. The van der Waals surface area contributed by atoms with Gasteiger partial charge in [-0.05, 0) is 18.8 Å². The average molecular weight is 242 g/mol. The van der Waals surface area contributed by atoms with Gasteiger partial charge in [0.05, 0.1) is 0 Å². The quantitative estimate of drug-likeness (QED) is 0.761. The van der Waals surface area contributed by atoms with Crippen molar-refractivity contribution in [3.63, 3.8) is 0 Å². The van der Waals surface area contributed by atoms with Gasteiger partial charge in [-0.1, -0.05) is 13.8 Å². The van der Waals surface area contributed by atoms with Crippen molar-refractivity contribution in [3.05, 3.63) is 0 Å². The van der Waals surface area contributed by atoms with Crippen LogP contribution in [0, 0.1) is 5.92 Å². The van der Waals surface area contributed by atoms with Crippen molar-refractivity contribution >= 4 is 11.9 Å². The van der Waals surface area contributed by atoms with E-state index in [-0.39, 0.29) is 5.91 Å². The first-order valence-corrected chi connectivity index (χ1v) is 6.10. The zero-order chi connectivity index (χ0) is 13.1. The molecule has 0 aromatic rings. The number of carboxylic acid groups (broad SMARTS) is 1. The van der Waals surface area contributed by atoms with Crippen molar-refractivity contribution in [2.24, 2.45) is 5.92 Å². The van der Waals surface area contributed by atoms with E-state index >= 15 is 0 Å². The van der Waals surface area contributed by atoms with Gasteiger partial charge in [0, 0.05) is 26.6 Å². The number of nitrogens with zero attached hydrogens (tertiary/aromatic N) is 1. The van der Waals surface area contributed by atoms with Gasteiger partial charge in [0.25, 0.3) is 0 Å². The summed E-state index contributed by atoms with van der Waals surface area (Å²) in [6.07, 6.45) is 0.962. The Morgan fingerprint density at radius 1 is 1.35 bits per heavy atom. The van der Waals surface area contributed by atoms with Crippen LogP contribution in [-0.4, -0.2) is 47.1 Å². The topological polar surface area (TPSA) is 69.6 Å². The molecule has 2 N–H and O–H groups in total. The van der Waals surface area contributed by atoms with E-state index in [1.54, 1.807) is 0 Å². The minimum atomic E-state index is -1.06. The van der Waals surface area contributed by atoms with Gasteiger partial charge in [-0.15, -0.1) is 0 Å². The smallest absolute Gasteiger partial charge is 0.329 e. The molecule has 0 atom stereocenters. The predicted molar refractivity (Wildman–Crippen MR) is 64.7 cm³/mol. The third-order valence-corrected chi connectivity index (χ3v) is 3.16. The van der Waals surface area contributed by atoms with Crippen molar-refractivity contribution in [2.75, 3.05) is 19.6 Å². The maximum atomic E-state index is 11.3. The first kappa shape index (κ1) is 14.0. The van der Waals surface area contributed by atoms with Crippen LogP contribution < -0.4 is 5.32 Å². The molecule has 5 heteroatoms. The molecule has 0 aromatic heterocycles. The van der Waals surface area contributed by atoms with Gasteiger partial charge < -0.3 is 15.3 Å². The van der Waals surface area contributed by atoms with E-state index in [0.717, 1.165) is 19.6 Å². The van der Waals surface area contributed by atoms with Crippen molar-refractivity contribution in [3.8, 4) is 0 Å². The monoisotopic (exact) mass is 242 g/mol. The van der Waals surface area contributed by atoms with Crippen LogP contribution in [0.25, 0.3) is 0 Å². The summed E-state index contributed by atoms with van der Waals surface area (Å²) in [6.45, 7) is 8.09. The van der Waals surface area contributed by atoms with Gasteiger partial charge in [0.1, 0.15) is 5.54 Å². The molecule has 0 aromatic carbocycles. The second kappa shape index (κ2) is 5.49. The molecule has 0 aliphatic carbocycles. The van der Waals surface area contributed by atoms with E-state index < -0.39 is 11.5 Å². The highest BCUT2D eigenvalue weighted by atomic mass is 16.4. The highest BCUT2D eigenvalue weighted by molar-refractivity contribution is 5.86. The third-order valence-electron chi connectivity index (χ3n) is 3.16. The van der Waals surface area contributed by atoms with E-state index in [9.17, 15) is 14.7 Å². The molecular formula is C12H22N2O3. The van der Waals surface area contributed by atoms with Crippen LogP contribution in [0.3, 0.4) is 0 Å².